The summed E-state index contributed by atoms with van der Waals surface area (Å²) in [5.74, 6) is 0.568. The van der Waals surface area contributed by atoms with Crippen molar-refractivity contribution in [3.05, 3.63) is 81.4 Å². The molecule has 0 bridgehead atoms. The number of hydrogen-bond acceptors (Lipinski definition) is 6. The van der Waals surface area contributed by atoms with Gasteiger partial charge >= 0.3 is 0 Å². The van der Waals surface area contributed by atoms with E-state index in [-0.39, 0.29) is 22.7 Å². The number of nitrogens with zero attached hydrogens (tertiary/aromatic N) is 5. The maximum absolute atomic E-state index is 11.5. The number of benzene rings is 1. The van der Waals surface area contributed by atoms with Gasteiger partial charge in [-0.1, -0.05) is 6.07 Å². The second-order valence-corrected chi connectivity index (χ2v) is 9.64. The van der Waals surface area contributed by atoms with E-state index in [4.69, 9.17) is 17.0 Å². The van der Waals surface area contributed by atoms with Crippen LogP contribution < -0.4 is 10.1 Å². The number of non-ortho nitro benzene ring substituents is 1. The molecule has 0 saturated carbocycles. The molecule has 2 unspecified atom stereocenters. The van der Waals surface area contributed by atoms with Gasteiger partial charge in [-0.25, -0.2) is 0 Å². The SMILES string of the molecule is COc1ccc([N+](=O)[O-])cc1-n1c(C)cc(C2C(c3ccccn3)NC(=S)N2CCCN(C)C)c1C. The fourth-order valence-electron chi connectivity index (χ4n) is 4.97. The smallest absolute Gasteiger partial charge is 0.271 e. The molecule has 190 valence electrons. The first-order valence-corrected chi connectivity index (χ1v) is 12.3. The van der Waals surface area contributed by atoms with Gasteiger partial charge in [0, 0.05) is 36.3 Å². The van der Waals surface area contributed by atoms with Crippen molar-refractivity contribution in [2.45, 2.75) is 32.4 Å². The van der Waals surface area contributed by atoms with Crippen LogP contribution in [0.15, 0.2) is 48.7 Å². The molecule has 1 aromatic carbocycles. The second-order valence-electron chi connectivity index (χ2n) is 9.25. The monoisotopic (exact) mass is 508 g/mol. The number of aryl methyl sites for hydroxylation is 1. The topological polar surface area (TPSA) is 88.7 Å². The van der Waals surface area contributed by atoms with Crippen LogP contribution in [0.3, 0.4) is 0 Å². The number of thiocarbonyl (C=S) groups is 1. The molecule has 9 nitrogen and oxygen atoms in total. The average Bonchev–Trinajstić information content (AvgIpc) is 3.33. The van der Waals surface area contributed by atoms with Crippen molar-refractivity contribution in [1.82, 2.24) is 24.7 Å². The highest BCUT2D eigenvalue weighted by Gasteiger charge is 2.41. The van der Waals surface area contributed by atoms with Crippen molar-refractivity contribution in [3.8, 4) is 11.4 Å². The maximum atomic E-state index is 11.5. The van der Waals surface area contributed by atoms with E-state index in [1.165, 1.54) is 6.07 Å². The summed E-state index contributed by atoms with van der Waals surface area (Å²) >= 11 is 5.81. The quantitative estimate of drug-likeness (QED) is 0.260. The highest BCUT2D eigenvalue weighted by atomic mass is 32.1. The molecule has 10 heteroatoms. The van der Waals surface area contributed by atoms with Crippen molar-refractivity contribution in [2.75, 3.05) is 34.3 Å². The maximum Gasteiger partial charge on any atom is 0.271 e. The van der Waals surface area contributed by atoms with Crippen LogP contribution in [0, 0.1) is 24.0 Å². The molecule has 0 spiro atoms. The Hall–Kier alpha value is -3.50. The first-order valence-electron chi connectivity index (χ1n) is 11.9. The highest BCUT2D eigenvalue weighted by Crippen LogP contribution is 2.42. The van der Waals surface area contributed by atoms with Gasteiger partial charge in [0.25, 0.3) is 5.69 Å². The van der Waals surface area contributed by atoms with Crippen LogP contribution in [0.25, 0.3) is 5.69 Å². The van der Waals surface area contributed by atoms with Gasteiger partial charge in [0.1, 0.15) is 5.75 Å². The van der Waals surface area contributed by atoms with E-state index >= 15 is 0 Å². The molecular formula is C26H32N6O3S. The molecular weight excluding hydrogens is 476 g/mol. The van der Waals surface area contributed by atoms with Crippen molar-refractivity contribution in [1.29, 1.82) is 0 Å². The van der Waals surface area contributed by atoms with Gasteiger partial charge in [-0.3, -0.25) is 15.1 Å². The zero-order chi connectivity index (χ0) is 26.0. The number of aromatic nitrogens is 2. The van der Waals surface area contributed by atoms with Gasteiger partial charge in [0.2, 0.25) is 0 Å². The van der Waals surface area contributed by atoms with Crippen molar-refractivity contribution in [3.63, 3.8) is 0 Å². The third kappa shape index (κ3) is 4.91. The van der Waals surface area contributed by atoms with Crippen LogP contribution in [0.4, 0.5) is 5.69 Å². The van der Waals surface area contributed by atoms with E-state index in [0.29, 0.717) is 16.5 Å². The summed E-state index contributed by atoms with van der Waals surface area (Å²) in [6.07, 6.45) is 2.75. The summed E-state index contributed by atoms with van der Waals surface area (Å²) in [5.41, 5.74) is 4.58. The number of ether oxygens (including phenoxy) is 1. The Balaban J connectivity index is 1.83. The molecule has 1 aliphatic rings. The Labute approximate surface area is 216 Å². The van der Waals surface area contributed by atoms with Crippen LogP contribution in [0.1, 0.15) is 41.1 Å². The third-order valence-corrected chi connectivity index (χ3v) is 6.96. The number of hydrogen-bond donors (Lipinski definition) is 1. The molecule has 0 amide bonds. The molecule has 1 N–H and O–H groups in total. The minimum absolute atomic E-state index is 0.0141. The summed E-state index contributed by atoms with van der Waals surface area (Å²) in [6, 6.07) is 12.5. The fraction of sp³-hybridized carbons (Fsp3) is 0.385. The van der Waals surface area contributed by atoms with Crippen molar-refractivity contribution in [2.24, 2.45) is 0 Å². The molecule has 2 aromatic heterocycles. The summed E-state index contributed by atoms with van der Waals surface area (Å²) in [6.45, 7) is 5.78. The molecule has 2 atom stereocenters. The van der Waals surface area contributed by atoms with E-state index < -0.39 is 0 Å². The van der Waals surface area contributed by atoms with Crippen LogP contribution in [-0.2, 0) is 0 Å². The highest BCUT2D eigenvalue weighted by molar-refractivity contribution is 7.80. The van der Waals surface area contributed by atoms with Gasteiger partial charge in [-0.05, 0) is 83.0 Å². The summed E-state index contributed by atoms with van der Waals surface area (Å²) in [4.78, 5) is 20.2. The number of rotatable bonds is 9. The zero-order valence-electron chi connectivity index (χ0n) is 21.3. The molecule has 1 saturated heterocycles. The molecule has 1 fully saturated rings. The van der Waals surface area contributed by atoms with Gasteiger partial charge in [0.05, 0.1) is 35.5 Å². The Kier molecular flexibility index (Phi) is 7.56. The van der Waals surface area contributed by atoms with E-state index in [2.05, 4.69) is 40.3 Å². The van der Waals surface area contributed by atoms with Crippen LogP contribution in [0.5, 0.6) is 5.75 Å². The number of nitro groups is 1. The van der Waals surface area contributed by atoms with Gasteiger partial charge in [0.15, 0.2) is 5.11 Å². The number of nitrogens with one attached hydrogen (secondary N) is 1. The first-order chi connectivity index (χ1) is 17.2. The average molecular weight is 509 g/mol. The zero-order valence-corrected chi connectivity index (χ0v) is 22.1. The van der Waals surface area contributed by atoms with Crippen LogP contribution >= 0.6 is 12.2 Å². The fourth-order valence-corrected chi connectivity index (χ4v) is 5.30. The van der Waals surface area contributed by atoms with Crippen molar-refractivity contribution >= 4 is 23.0 Å². The molecule has 0 aliphatic carbocycles. The largest absolute Gasteiger partial charge is 0.495 e. The summed E-state index contributed by atoms with van der Waals surface area (Å²) < 4.78 is 7.61. The first kappa shape index (κ1) is 25.6. The lowest BCUT2D eigenvalue weighted by molar-refractivity contribution is -0.384. The van der Waals surface area contributed by atoms with E-state index in [9.17, 15) is 10.1 Å². The van der Waals surface area contributed by atoms with E-state index in [1.54, 1.807) is 25.4 Å². The van der Waals surface area contributed by atoms with Crippen LogP contribution in [-0.4, -0.2) is 63.7 Å². The van der Waals surface area contributed by atoms with Crippen molar-refractivity contribution < 1.29 is 9.66 Å². The minimum atomic E-state index is -0.388. The number of nitro benzene ring substituents is 1. The van der Waals surface area contributed by atoms with Gasteiger partial charge in [-0.15, -0.1) is 0 Å². The normalized spacial score (nSPS) is 17.5. The molecule has 3 aromatic rings. The molecule has 4 rings (SSSR count). The Bertz CT molecular complexity index is 1260. The van der Waals surface area contributed by atoms with Gasteiger partial charge < -0.3 is 24.4 Å². The van der Waals surface area contributed by atoms with Crippen LogP contribution in [0.2, 0.25) is 0 Å². The molecule has 36 heavy (non-hydrogen) atoms. The molecule has 1 aliphatic heterocycles. The predicted molar refractivity (Wildman–Crippen MR) is 144 cm³/mol. The lowest BCUT2D eigenvalue weighted by Crippen LogP contribution is -2.32. The molecule has 0 radical (unpaired) electrons. The molecule has 3 heterocycles. The third-order valence-electron chi connectivity index (χ3n) is 6.61. The minimum Gasteiger partial charge on any atom is -0.495 e. The Morgan fingerprint density at radius 3 is 2.64 bits per heavy atom. The second kappa shape index (κ2) is 10.6. The summed E-state index contributed by atoms with van der Waals surface area (Å²) in [5, 5.41) is 15.7. The van der Waals surface area contributed by atoms with E-state index in [0.717, 1.165) is 42.2 Å². The lowest BCUT2D eigenvalue weighted by atomic mass is 9.96. The predicted octanol–water partition coefficient (Wildman–Crippen LogP) is 4.33. The Morgan fingerprint density at radius 1 is 1.22 bits per heavy atom. The van der Waals surface area contributed by atoms with E-state index in [1.807, 2.05) is 36.6 Å². The Morgan fingerprint density at radius 2 is 2.00 bits per heavy atom. The number of pyridine rings is 1. The number of methoxy groups -OCH3 is 1. The van der Waals surface area contributed by atoms with Gasteiger partial charge in [-0.2, -0.15) is 0 Å². The standard InChI is InChI=1S/C26H32N6O3S/c1-17-15-20(18(2)31(17)22-16-19(32(33)34)10-11-23(22)35-5)25-24(21-9-6-7-12-27-21)28-26(36)30(25)14-8-13-29(3)4/h6-7,9-12,15-16,24-25H,8,13-14H2,1-5H3,(H,28,36). The lowest BCUT2D eigenvalue weighted by Gasteiger charge is -2.28. The summed E-state index contributed by atoms with van der Waals surface area (Å²) in [7, 11) is 5.70.